The molecule has 3 heterocycles. The lowest BCUT2D eigenvalue weighted by atomic mass is 9.99. The van der Waals surface area contributed by atoms with Gasteiger partial charge in [-0.15, -0.1) is 11.3 Å². The van der Waals surface area contributed by atoms with Crippen LogP contribution >= 0.6 is 11.3 Å². The van der Waals surface area contributed by atoms with Crippen LogP contribution in [-0.4, -0.2) is 36.7 Å². The molecule has 6 nitrogen and oxygen atoms in total. The summed E-state index contributed by atoms with van der Waals surface area (Å²) in [6, 6.07) is 8.85. The number of carbonyl (C=O) groups is 1. The molecule has 0 radical (unpaired) electrons. The first-order valence-corrected chi connectivity index (χ1v) is 10.1. The Morgan fingerprint density at radius 2 is 2.21 bits per heavy atom. The second-order valence-corrected chi connectivity index (χ2v) is 8.79. The number of hydrogen-bond acceptors (Lipinski definition) is 5. The number of hydrogen-bond donors (Lipinski definition) is 1. The van der Waals surface area contributed by atoms with E-state index in [-0.39, 0.29) is 18.4 Å². The van der Waals surface area contributed by atoms with Crippen LogP contribution in [0.4, 0.5) is 0 Å². The van der Waals surface area contributed by atoms with Crippen LogP contribution < -0.4 is 5.32 Å². The predicted molar refractivity (Wildman–Crippen MR) is 91.9 cm³/mol. The van der Waals surface area contributed by atoms with Crippen LogP contribution in [0.15, 0.2) is 46.1 Å². The molecule has 1 fully saturated rings. The molecular weight excluding hydrogens is 346 g/mol. The minimum absolute atomic E-state index is 0.119. The van der Waals surface area contributed by atoms with E-state index in [9.17, 15) is 13.2 Å². The van der Waals surface area contributed by atoms with Crippen molar-refractivity contribution in [2.24, 2.45) is 5.92 Å². The number of rotatable bonds is 5. The molecule has 1 amide bonds. The van der Waals surface area contributed by atoms with Gasteiger partial charge in [-0.3, -0.25) is 9.78 Å². The van der Waals surface area contributed by atoms with Crippen LogP contribution in [0.1, 0.15) is 18.5 Å². The zero-order chi connectivity index (χ0) is 17.0. The molecule has 8 heteroatoms. The third-order valence-corrected chi connectivity index (χ3v) is 7.25. The number of nitrogens with zero attached hydrogens (tertiary/aromatic N) is 2. The van der Waals surface area contributed by atoms with Crippen LogP contribution in [0.5, 0.6) is 0 Å². The number of sulfonamides is 1. The second-order valence-electron chi connectivity index (χ2n) is 5.67. The van der Waals surface area contributed by atoms with Crippen molar-refractivity contribution in [3.63, 3.8) is 0 Å². The van der Waals surface area contributed by atoms with Crippen LogP contribution in [0.25, 0.3) is 0 Å². The summed E-state index contributed by atoms with van der Waals surface area (Å²) < 4.78 is 26.9. The standard InChI is InChI=1S/C16H19N3O3S2/c20-16(18-11-14-6-1-2-8-17-14)13-5-3-9-19(12-13)24(21,22)15-7-4-10-23-15/h1-2,4,6-8,10,13H,3,5,9,11-12H2,(H,18,20). The van der Waals surface area contributed by atoms with Crippen LogP contribution in [0.3, 0.4) is 0 Å². The van der Waals surface area contributed by atoms with Gasteiger partial charge in [0, 0.05) is 19.3 Å². The molecule has 0 bridgehead atoms. The van der Waals surface area contributed by atoms with Gasteiger partial charge in [0.2, 0.25) is 5.91 Å². The van der Waals surface area contributed by atoms with Crippen LogP contribution in [0, 0.1) is 5.92 Å². The van der Waals surface area contributed by atoms with E-state index < -0.39 is 10.0 Å². The van der Waals surface area contributed by atoms with E-state index in [1.165, 1.54) is 15.6 Å². The molecule has 1 aliphatic heterocycles. The molecule has 128 valence electrons. The molecule has 1 N–H and O–H groups in total. The first kappa shape index (κ1) is 17.1. The average Bonchev–Trinajstić information content (AvgIpc) is 3.16. The van der Waals surface area contributed by atoms with Gasteiger partial charge in [-0.1, -0.05) is 12.1 Å². The quantitative estimate of drug-likeness (QED) is 0.877. The SMILES string of the molecule is O=C(NCc1ccccn1)C1CCCN(S(=O)(=O)c2cccs2)C1. The lowest BCUT2D eigenvalue weighted by molar-refractivity contribution is -0.126. The highest BCUT2D eigenvalue weighted by Gasteiger charge is 2.33. The Kier molecular flexibility index (Phi) is 5.27. The Labute approximate surface area is 145 Å². The topological polar surface area (TPSA) is 79.4 Å². The summed E-state index contributed by atoms with van der Waals surface area (Å²) >= 11 is 1.20. The van der Waals surface area contributed by atoms with E-state index in [4.69, 9.17) is 0 Å². The Balaban J connectivity index is 1.62. The van der Waals surface area contributed by atoms with E-state index in [1.807, 2.05) is 18.2 Å². The van der Waals surface area contributed by atoms with Crippen molar-refractivity contribution in [1.29, 1.82) is 0 Å². The van der Waals surface area contributed by atoms with Crippen LogP contribution in [0.2, 0.25) is 0 Å². The van der Waals surface area contributed by atoms with Crippen molar-refractivity contribution in [3.8, 4) is 0 Å². The van der Waals surface area contributed by atoms with E-state index in [0.717, 1.165) is 5.69 Å². The van der Waals surface area contributed by atoms with E-state index >= 15 is 0 Å². The molecule has 0 aliphatic carbocycles. The molecule has 1 atom stereocenters. The van der Waals surface area contributed by atoms with Crippen molar-refractivity contribution >= 4 is 27.3 Å². The number of nitrogens with one attached hydrogen (secondary N) is 1. The molecule has 1 aliphatic rings. The highest BCUT2D eigenvalue weighted by atomic mass is 32.2. The van der Waals surface area contributed by atoms with Crippen molar-refractivity contribution in [2.45, 2.75) is 23.6 Å². The summed E-state index contributed by atoms with van der Waals surface area (Å²) in [4.78, 5) is 16.5. The number of piperidine rings is 1. The Bertz CT molecular complexity index is 776. The average molecular weight is 365 g/mol. The zero-order valence-corrected chi connectivity index (χ0v) is 14.7. The maximum Gasteiger partial charge on any atom is 0.252 e. The monoisotopic (exact) mass is 365 g/mol. The first-order chi connectivity index (χ1) is 11.6. The number of amides is 1. The van der Waals surface area contributed by atoms with Gasteiger partial charge in [-0.05, 0) is 36.4 Å². The number of carbonyl (C=O) groups excluding carboxylic acids is 1. The summed E-state index contributed by atoms with van der Waals surface area (Å²) in [5.74, 6) is -0.441. The fourth-order valence-corrected chi connectivity index (χ4v) is 5.41. The fourth-order valence-electron chi connectivity index (χ4n) is 2.74. The van der Waals surface area contributed by atoms with Gasteiger partial charge in [-0.2, -0.15) is 4.31 Å². The van der Waals surface area contributed by atoms with E-state index in [1.54, 1.807) is 23.7 Å². The number of aromatic nitrogens is 1. The lowest BCUT2D eigenvalue weighted by Gasteiger charge is -2.30. The molecule has 3 rings (SSSR count). The summed E-state index contributed by atoms with van der Waals surface area (Å²) in [7, 11) is -3.49. The summed E-state index contributed by atoms with van der Waals surface area (Å²) in [5.41, 5.74) is 0.782. The van der Waals surface area contributed by atoms with Crippen molar-refractivity contribution < 1.29 is 13.2 Å². The summed E-state index contributed by atoms with van der Waals surface area (Å²) in [6.45, 7) is 1.05. The molecule has 0 aromatic carbocycles. The zero-order valence-electron chi connectivity index (χ0n) is 13.1. The largest absolute Gasteiger partial charge is 0.350 e. The van der Waals surface area contributed by atoms with Gasteiger partial charge in [0.05, 0.1) is 18.2 Å². The van der Waals surface area contributed by atoms with Gasteiger partial charge >= 0.3 is 0 Å². The van der Waals surface area contributed by atoms with Crippen molar-refractivity contribution in [3.05, 3.63) is 47.6 Å². The molecule has 2 aromatic heterocycles. The molecule has 1 saturated heterocycles. The van der Waals surface area contributed by atoms with E-state index in [0.29, 0.717) is 30.1 Å². The Hall–Kier alpha value is -1.77. The first-order valence-electron chi connectivity index (χ1n) is 7.78. The minimum atomic E-state index is -3.49. The third kappa shape index (κ3) is 3.82. The van der Waals surface area contributed by atoms with Crippen molar-refractivity contribution in [2.75, 3.05) is 13.1 Å². The second kappa shape index (κ2) is 7.42. The molecule has 24 heavy (non-hydrogen) atoms. The third-order valence-electron chi connectivity index (χ3n) is 4.01. The number of thiophene rings is 1. The fraction of sp³-hybridized carbons (Fsp3) is 0.375. The predicted octanol–water partition coefficient (Wildman–Crippen LogP) is 1.86. The number of pyridine rings is 1. The van der Waals surface area contributed by atoms with Gasteiger partial charge in [-0.25, -0.2) is 8.42 Å². The normalized spacial score (nSPS) is 19.1. The summed E-state index contributed by atoms with van der Waals surface area (Å²) in [6.07, 6.45) is 3.06. The highest BCUT2D eigenvalue weighted by molar-refractivity contribution is 7.91. The van der Waals surface area contributed by atoms with Gasteiger partial charge in [0.15, 0.2) is 0 Å². The molecule has 0 spiro atoms. The Morgan fingerprint density at radius 3 is 2.92 bits per heavy atom. The smallest absolute Gasteiger partial charge is 0.252 e. The maximum absolute atomic E-state index is 12.6. The Morgan fingerprint density at radius 1 is 1.33 bits per heavy atom. The van der Waals surface area contributed by atoms with Gasteiger partial charge in [0.1, 0.15) is 4.21 Å². The van der Waals surface area contributed by atoms with Crippen molar-refractivity contribution in [1.82, 2.24) is 14.6 Å². The van der Waals surface area contributed by atoms with Gasteiger partial charge < -0.3 is 5.32 Å². The maximum atomic E-state index is 12.6. The summed E-state index contributed by atoms with van der Waals surface area (Å²) in [5, 5.41) is 4.60. The van der Waals surface area contributed by atoms with Gasteiger partial charge in [0.25, 0.3) is 10.0 Å². The molecule has 2 aromatic rings. The van der Waals surface area contributed by atoms with E-state index in [2.05, 4.69) is 10.3 Å². The lowest BCUT2D eigenvalue weighted by Crippen LogP contribution is -2.45. The molecule has 0 saturated carbocycles. The molecule has 1 unspecified atom stereocenters. The minimum Gasteiger partial charge on any atom is -0.350 e. The highest BCUT2D eigenvalue weighted by Crippen LogP contribution is 2.26. The molecular formula is C16H19N3O3S2. The van der Waals surface area contributed by atoms with Crippen LogP contribution in [-0.2, 0) is 21.4 Å².